The van der Waals surface area contributed by atoms with Crippen molar-refractivity contribution in [2.24, 2.45) is 0 Å². The van der Waals surface area contributed by atoms with Crippen LogP contribution in [0.3, 0.4) is 0 Å². The summed E-state index contributed by atoms with van der Waals surface area (Å²) in [5, 5.41) is 8.90. The van der Waals surface area contributed by atoms with Gasteiger partial charge in [-0.2, -0.15) is 0 Å². The van der Waals surface area contributed by atoms with Crippen LogP contribution >= 0.6 is 11.3 Å². The van der Waals surface area contributed by atoms with E-state index >= 15 is 0 Å². The third-order valence-corrected chi connectivity index (χ3v) is 3.58. The normalized spacial score (nSPS) is 10.2. The van der Waals surface area contributed by atoms with Gasteiger partial charge in [-0.25, -0.2) is 4.79 Å². The lowest BCUT2D eigenvalue weighted by molar-refractivity contribution is 0.0696. The highest BCUT2D eigenvalue weighted by atomic mass is 32.1. The Bertz CT molecular complexity index is 584. The molecular weight excluding hydrogens is 236 g/mol. The Labute approximate surface area is 102 Å². The number of ketones is 1. The predicted octanol–water partition coefficient (Wildman–Crippen LogP) is 3.32. The largest absolute Gasteiger partial charge is 0.478 e. The smallest absolute Gasteiger partial charge is 0.335 e. The van der Waals surface area contributed by atoms with E-state index in [1.54, 1.807) is 24.3 Å². The van der Waals surface area contributed by atoms with Gasteiger partial charge in [0.1, 0.15) is 0 Å². The summed E-state index contributed by atoms with van der Waals surface area (Å²) < 4.78 is 0. The Morgan fingerprint density at radius 2 is 1.94 bits per heavy atom. The Hall–Kier alpha value is -1.94. The molecule has 86 valence electrons. The monoisotopic (exact) mass is 246 g/mol. The molecule has 0 radical (unpaired) electrons. The first kappa shape index (κ1) is 11.5. The van der Waals surface area contributed by atoms with E-state index < -0.39 is 5.97 Å². The molecule has 4 heteroatoms. The molecule has 1 aromatic heterocycles. The lowest BCUT2D eigenvalue weighted by Crippen LogP contribution is -1.95. The van der Waals surface area contributed by atoms with Crippen LogP contribution in [-0.2, 0) is 0 Å². The second-order valence-electron chi connectivity index (χ2n) is 3.61. The van der Waals surface area contributed by atoms with Gasteiger partial charge in [-0.05, 0) is 36.8 Å². The summed E-state index contributed by atoms with van der Waals surface area (Å²) in [5.41, 5.74) is 1.07. The Morgan fingerprint density at radius 3 is 2.53 bits per heavy atom. The Balaban J connectivity index is 2.42. The third-order valence-electron chi connectivity index (χ3n) is 2.35. The molecule has 1 N–H and O–H groups in total. The number of hydrogen-bond acceptors (Lipinski definition) is 3. The molecule has 0 spiro atoms. The number of benzene rings is 1. The summed E-state index contributed by atoms with van der Waals surface area (Å²) in [7, 11) is 0. The molecular formula is C13H10O3S. The molecule has 3 nitrogen and oxygen atoms in total. The second kappa shape index (κ2) is 4.51. The van der Waals surface area contributed by atoms with Crippen molar-refractivity contribution in [1.29, 1.82) is 0 Å². The molecule has 0 aliphatic rings. The van der Waals surface area contributed by atoms with Crippen molar-refractivity contribution in [3.63, 3.8) is 0 Å². The van der Waals surface area contributed by atoms with E-state index in [9.17, 15) is 9.59 Å². The van der Waals surface area contributed by atoms with E-state index in [0.717, 1.165) is 10.4 Å². The van der Waals surface area contributed by atoms with Crippen LogP contribution in [0, 0.1) is 0 Å². The quantitative estimate of drug-likeness (QED) is 0.845. The van der Waals surface area contributed by atoms with Crippen molar-refractivity contribution >= 4 is 23.1 Å². The third kappa shape index (κ3) is 2.42. The number of carboxylic acids is 1. The highest BCUT2D eigenvalue weighted by Crippen LogP contribution is 2.28. The highest BCUT2D eigenvalue weighted by molar-refractivity contribution is 7.17. The predicted molar refractivity (Wildman–Crippen MR) is 66.7 cm³/mol. The molecule has 0 saturated heterocycles. The van der Waals surface area contributed by atoms with Gasteiger partial charge in [-0.3, -0.25) is 4.79 Å². The van der Waals surface area contributed by atoms with Gasteiger partial charge in [-0.15, -0.1) is 11.3 Å². The average molecular weight is 246 g/mol. The number of carbonyl (C=O) groups is 2. The minimum atomic E-state index is -0.949. The first-order valence-corrected chi connectivity index (χ1v) is 5.84. The maximum absolute atomic E-state index is 11.2. The number of Topliss-reactive ketones (excluding diaryl/α,β-unsaturated/α-hetero) is 1. The zero-order chi connectivity index (χ0) is 12.4. The molecule has 1 heterocycles. The molecule has 0 fully saturated rings. The molecule has 1 aromatic carbocycles. The van der Waals surface area contributed by atoms with Crippen LogP contribution in [0.15, 0.2) is 36.4 Å². The fraction of sp³-hybridized carbons (Fsp3) is 0.0769. The standard InChI is InChI=1S/C13H10O3S/c1-8(14)11-5-6-12(17-11)9-3-2-4-10(7-9)13(15)16/h2-7H,1H3,(H,15,16). The summed E-state index contributed by atoms with van der Waals surface area (Å²) in [5.74, 6) is -0.925. The molecule has 2 aromatic rings. The lowest BCUT2D eigenvalue weighted by atomic mass is 10.1. The van der Waals surface area contributed by atoms with E-state index in [-0.39, 0.29) is 11.3 Å². The van der Waals surface area contributed by atoms with Crippen molar-refractivity contribution in [2.45, 2.75) is 6.92 Å². The van der Waals surface area contributed by atoms with Crippen LogP contribution in [0.2, 0.25) is 0 Å². The zero-order valence-corrected chi connectivity index (χ0v) is 9.95. The van der Waals surface area contributed by atoms with E-state index in [0.29, 0.717) is 4.88 Å². The average Bonchev–Trinajstić information content (AvgIpc) is 2.78. The van der Waals surface area contributed by atoms with Gasteiger partial charge in [0.15, 0.2) is 5.78 Å². The molecule has 0 aliphatic heterocycles. The molecule has 0 unspecified atom stereocenters. The van der Waals surface area contributed by atoms with Crippen LogP contribution in [0.4, 0.5) is 0 Å². The topological polar surface area (TPSA) is 54.4 Å². The van der Waals surface area contributed by atoms with Crippen molar-refractivity contribution in [1.82, 2.24) is 0 Å². The summed E-state index contributed by atoms with van der Waals surface area (Å²) in [6.45, 7) is 1.52. The molecule has 0 aliphatic carbocycles. The van der Waals surface area contributed by atoms with Gasteiger partial charge in [0.05, 0.1) is 10.4 Å². The summed E-state index contributed by atoms with van der Waals surface area (Å²) in [4.78, 5) is 23.6. The van der Waals surface area contributed by atoms with Crippen molar-refractivity contribution < 1.29 is 14.7 Å². The zero-order valence-electron chi connectivity index (χ0n) is 9.14. The van der Waals surface area contributed by atoms with E-state index in [1.165, 1.54) is 18.3 Å². The SMILES string of the molecule is CC(=O)c1ccc(-c2cccc(C(=O)O)c2)s1. The van der Waals surface area contributed by atoms with Gasteiger partial charge in [0.25, 0.3) is 0 Å². The minimum Gasteiger partial charge on any atom is -0.478 e. The van der Waals surface area contributed by atoms with Gasteiger partial charge in [-0.1, -0.05) is 12.1 Å². The first-order valence-electron chi connectivity index (χ1n) is 5.02. The van der Waals surface area contributed by atoms with Crippen LogP contribution < -0.4 is 0 Å². The van der Waals surface area contributed by atoms with Crippen LogP contribution in [0.1, 0.15) is 27.0 Å². The number of aromatic carboxylic acids is 1. The van der Waals surface area contributed by atoms with Crippen molar-refractivity contribution in [2.75, 3.05) is 0 Å². The second-order valence-corrected chi connectivity index (χ2v) is 4.69. The molecule has 0 atom stereocenters. The first-order chi connectivity index (χ1) is 8.08. The van der Waals surface area contributed by atoms with E-state index in [4.69, 9.17) is 5.11 Å². The van der Waals surface area contributed by atoms with E-state index in [1.807, 2.05) is 12.1 Å². The molecule has 0 amide bonds. The van der Waals surface area contributed by atoms with Gasteiger partial charge in [0.2, 0.25) is 0 Å². The number of carbonyl (C=O) groups excluding carboxylic acids is 1. The summed E-state index contributed by atoms with van der Waals surface area (Å²) in [6, 6.07) is 10.3. The molecule has 0 bridgehead atoms. The maximum Gasteiger partial charge on any atom is 0.335 e. The fourth-order valence-electron chi connectivity index (χ4n) is 1.49. The highest BCUT2D eigenvalue weighted by Gasteiger charge is 2.08. The van der Waals surface area contributed by atoms with Gasteiger partial charge >= 0.3 is 5.97 Å². The minimum absolute atomic E-state index is 0.0237. The van der Waals surface area contributed by atoms with Crippen LogP contribution in [-0.4, -0.2) is 16.9 Å². The van der Waals surface area contributed by atoms with Gasteiger partial charge < -0.3 is 5.11 Å². The number of hydrogen-bond donors (Lipinski definition) is 1. The molecule has 2 rings (SSSR count). The van der Waals surface area contributed by atoms with Crippen molar-refractivity contribution in [3.8, 4) is 10.4 Å². The summed E-state index contributed by atoms with van der Waals surface area (Å²) >= 11 is 1.37. The van der Waals surface area contributed by atoms with Crippen LogP contribution in [0.25, 0.3) is 10.4 Å². The number of thiophene rings is 1. The Kier molecular flexibility index (Phi) is 3.06. The lowest BCUT2D eigenvalue weighted by Gasteiger charge is -1.99. The van der Waals surface area contributed by atoms with Crippen LogP contribution in [0.5, 0.6) is 0 Å². The Morgan fingerprint density at radius 1 is 1.18 bits per heavy atom. The number of rotatable bonds is 3. The summed E-state index contributed by atoms with van der Waals surface area (Å²) in [6.07, 6.45) is 0. The maximum atomic E-state index is 11.2. The van der Waals surface area contributed by atoms with Gasteiger partial charge in [0, 0.05) is 4.88 Å². The fourth-order valence-corrected chi connectivity index (χ4v) is 2.39. The van der Waals surface area contributed by atoms with Crippen molar-refractivity contribution in [3.05, 3.63) is 46.8 Å². The molecule has 0 saturated carbocycles. The van der Waals surface area contributed by atoms with E-state index in [2.05, 4.69) is 0 Å². The molecule has 17 heavy (non-hydrogen) atoms. The number of carboxylic acid groups (broad SMARTS) is 1.